The Balaban J connectivity index is 0.000000277. The molecule has 23 heavy (non-hydrogen) atoms. The van der Waals surface area contributed by atoms with Crippen LogP contribution in [0.15, 0.2) is 55.4 Å². The molecule has 0 bridgehead atoms. The predicted octanol–water partition coefficient (Wildman–Crippen LogP) is 1.43. The van der Waals surface area contributed by atoms with Crippen LogP contribution < -0.4 is 9.67 Å². The number of rotatable bonds is 4. The van der Waals surface area contributed by atoms with Crippen molar-refractivity contribution in [2.45, 2.75) is 6.92 Å². The molecule has 1 aromatic heterocycles. The average molecular weight is 380 g/mol. The van der Waals surface area contributed by atoms with Crippen molar-refractivity contribution in [2.75, 3.05) is 5.32 Å². The van der Waals surface area contributed by atoms with E-state index in [0.29, 0.717) is 5.69 Å². The molecule has 1 amide bonds. The van der Waals surface area contributed by atoms with E-state index in [1.165, 1.54) is 31.2 Å². The van der Waals surface area contributed by atoms with E-state index in [9.17, 15) is 8.53 Å². The van der Waals surface area contributed by atoms with Crippen molar-refractivity contribution >= 4 is 36.2 Å². The number of hydrogen-bond acceptors (Lipinski definition) is 5. The monoisotopic (exact) mass is 380 g/mol. The zero-order chi connectivity index (χ0) is 17.3. The number of aromatic nitrogens is 1. The Morgan fingerprint density at radius 2 is 2.00 bits per heavy atom. The van der Waals surface area contributed by atoms with Crippen molar-refractivity contribution in [3.63, 3.8) is 0 Å². The number of nitrogens with one attached hydrogen (secondary N) is 1. The van der Waals surface area contributed by atoms with Crippen molar-refractivity contribution in [3.05, 3.63) is 60.9 Å². The maximum absolute atomic E-state index is 11.2. The van der Waals surface area contributed by atoms with E-state index in [1.807, 2.05) is 12.1 Å². The van der Waals surface area contributed by atoms with Gasteiger partial charge in [-0.15, -0.1) is 0 Å². The van der Waals surface area contributed by atoms with E-state index >= 15 is 0 Å². The summed E-state index contributed by atoms with van der Waals surface area (Å²) in [5, 5.41) is 10.7. The number of anilines is 1. The van der Waals surface area contributed by atoms with Gasteiger partial charge in [-0.1, -0.05) is 18.7 Å². The van der Waals surface area contributed by atoms with E-state index in [1.54, 1.807) is 18.5 Å². The quantitative estimate of drug-likeness (QED) is 0.421. The average Bonchev–Trinajstić information content (AvgIpc) is 2.56. The fourth-order valence-electron chi connectivity index (χ4n) is 1.48. The zero-order valence-electron chi connectivity index (χ0n) is 12.4. The van der Waals surface area contributed by atoms with Gasteiger partial charge in [-0.25, -0.2) is 0 Å². The fraction of sp³-hybridized carbons (Fsp3) is 0.0667. The molecule has 0 aliphatic carbocycles. The Morgan fingerprint density at radius 3 is 2.39 bits per heavy atom. The van der Waals surface area contributed by atoms with Gasteiger partial charge in [0, 0.05) is 12.4 Å². The van der Waals surface area contributed by atoms with Crippen LogP contribution in [-0.2, 0) is 12.4 Å². The third-order valence-electron chi connectivity index (χ3n) is 2.54. The van der Waals surface area contributed by atoms with Crippen LogP contribution in [0.1, 0.15) is 12.5 Å². The van der Waals surface area contributed by atoms with E-state index in [-0.39, 0.29) is 10.3 Å². The summed E-state index contributed by atoms with van der Waals surface area (Å²) in [6, 6.07) is 9.35. The molecule has 8 heteroatoms. The molecule has 3 N–H and O–H groups in total. The summed E-state index contributed by atoms with van der Waals surface area (Å²) >= 11 is -4.76. The van der Waals surface area contributed by atoms with Crippen LogP contribution in [0.3, 0.4) is 0 Å². The third-order valence-corrected chi connectivity index (χ3v) is 5.00. The molecule has 1 heterocycles. The number of amides is 1. The van der Waals surface area contributed by atoms with E-state index in [2.05, 4.69) is 20.8 Å². The minimum atomic E-state index is -4.76. The van der Waals surface area contributed by atoms with Gasteiger partial charge >= 0.3 is 88.4 Å². The Bertz CT molecular complexity index is 689. The second-order valence-electron chi connectivity index (χ2n) is 4.32. The minimum absolute atomic E-state index is 0.00438. The first-order valence-corrected chi connectivity index (χ1v) is 9.76. The van der Waals surface area contributed by atoms with Crippen LogP contribution in [0.5, 0.6) is 0 Å². The summed E-state index contributed by atoms with van der Waals surface area (Å²) in [5.74, 6) is -0.237. The Hall–Kier alpha value is -2.18. The molecular formula is C15H17AsN2O5. The van der Waals surface area contributed by atoms with E-state index in [0.717, 1.165) is 5.56 Å². The van der Waals surface area contributed by atoms with Crippen molar-refractivity contribution in [3.8, 4) is 0 Å². The van der Waals surface area contributed by atoms with E-state index < -0.39 is 14.2 Å². The molecule has 0 aliphatic rings. The van der Waals surface area contributed by atoms with Crippen LogP contribution in [0.2, 0.25) is 0 Å². The van der Waals surface area contributed by atoms with Gasteiger partial charge in [-0.3, -0.25) is 4.98 Å². The summed E-state index contributed by atoms with van der Waals surface area (Å²) in [5.41, 5.74) is 1.56. The second-order valence-corrected chi connectivity index (χ2v) is 7.93. The standard InChI is InChI=1S/C8H10AsNO5.C7H7N/c1-6(11)10-8-4-2-7(3-5-8)9(12,13)15-14;1-2-7-4-3-5-8-6-7/h2-5,14H,1H3,(H,10,11)(H,12,13);2-6H,1H2. The van der Waals surface area contributed by atoms with Gasteiger partial charge in [-0.05, 0) is 11.6 Å². The molecular weight excluding hydrogens is 363 g/mol. The van der Waals surface area contributed by atoms with E-state index in [4.69, 9.17) is 9.35 Å². The molecule has 2 aromatic rings. The number of carbonyl (C=O) groups excluding carboxylic acids is 1. The van der Waals surface area contributed by atoms with Gasteiger partial charge in [0.1, 0.15) is 0 Å². The first-order chi connectivity index (χ1) is 10.9. The molecule has 2 rings (SSSR count). The maximum atomic E-state index is 11.2. The number of nitrogens with zero attached hydrogens (tertiary/aromatic N) is 1. The SMILES string of the molecule is C=Cc1cccnc1.CC(=O)Nc1ccc([As](=O)(O)OO)cc1. The first-order valence-electron chi connectivity index (χ1n) is 6.45. The number of hydrogen-bond donors (Lipinski definition) is 3. The molecule has 0 spiro atoms. The molecule has 0 saturated heterocycles. The first kappa shape index (κ1) is 18.9. The summed E-state index contributed by atoms with van der Waals surface area (Å²) in [4.78, 5) is 14.6. The third kappa shape index (κ3) is 6.63. The van der Waals surface area contributed by atoms with Crippen LogP contribution >= 0.6 is 0 Å². The molecule has 0 saturated carbocycles. The van der Waals surface area contributed by atoms with Crippen molar-refractivity contribution < 1.29 is 21.8 Å². The molecule has 7 nitrogen and oxygen atoms in total. The number of carbonyl (C=O) groups is 1. The van der Waals surface area contributed by atoms with Crippen LogP contribution in [0.4, 0.5) is 5.69 Å². The van der Waals surface area contributed by atoms with Crippen LogP contribution in [0, 0.1) is 0 Å². The second kappa shape index (κ2) is 9.07. The summed E-state index contributed by atoms with van der Waals surface area (Å²) < 4.78 is 23.8. The van der Waals surface area contributed by atoms with Gasteiger partial charge in [0.2, 0.25) is 0 Å². The zero-order valence-corrected chi connectivity index (χ0v) is 14.3. The Morgan fingerprint density at radius 1 is 1.35 bits per heavy atom. The van der Waals surface area contributed by atoms with Gasteiger partial charge in [0.05, 0.1) is 0 Å². The van der Waals surface area contributed by atoms with Crippen molar-refractivity contribution in [1.29, 1.82) is 0 Å². The summed E-state index contributed by atoms with van der Waals surface area (Å²) in [6.45, 7) is 4.94. The molecule has 1 unspecified atom stereocenters. The van der Waals surface area contributed by atoms with Gasteiger partial charge < -0.3 is 0 Å². The molecule has 1 atom stereocenters. The summed E-state index contributed by atoms with van der Waals surface area (Å²) in [7, 11) is 0. The van der Waals surface area contributed by atoms with Crippen molar-refractivity contribution in [2.24, 2.45) is 0 Å². The topological polar surface area (TPSA) is 109 Å². The molecule has 0 aliphatic heterocycles. The van der Waals surface area contributed by atoms with Gasteiger partial charge in [-0.2, -0.15) is 0 Å². The van der Waals surface area contributed by atoms with Gasteiger partial charge in [0.15, 0.2) is 0 Å². The normalized spacial score (nSPS) is 12.3. The van der Waals surface area contributed by atoms with Crippen molar-refractivity contribution in [1.82, 2.24) is 4.98 Å². The molecule has 0 radical (unpaired) electrons. The summed E-state index contributed by atoms with van der Waals surface area (Å²) in [6.07, 6.45) is 5.28. The molecule has 0 fully saturated rings. The Kier molecular flexibility index (Phi) is 7.44. The Labute approximate surface area is 136 Å². The van der Waals surface area contributed by atoms with Crippen LogP contribution in [0.25, 0.3) is 6.08 Å². The molecule has 122 valence electrons. The van der Waals surface area contributed by atoms with Crippen LogP contribution in [-0.4, -0.2) is 34.4 Å². The molecule has 1 aromatic carbocycles. The number of benzene rings is 1. The van der Waals surface area contributed by atoms with Gasteiger partial charge in [0.25, 0.3) is 0 Å². The fourth-order valence-corrected chi connectivity index (χ4v) is 2.78. The predicted molar refractivity (Wildman–Crippen MR) is 87.1 cm³/mol. The number of pyridine rings is 1.